The summed E-state index contributed by atoms with van der Waals surface area (Å²) in [7, 11) is 2.18. The van der Waals surface area contributed by atoms with Crippen molar-refractivity contribution in [2.75, 3.05) is 66.0 Å². The molecule has 0 radical (unpaired) electrons. The van der Waals surface area contributed by atoms with Crippen LogP contribution in [-0.2, 0) is 4.74 Å². The first-order chi connectivity index (χ1) is 12.5. The summed E-state index contributed by atoms with van der Waals surface area (Å²) in [5.41, 5.74) is 6.06. The van der Waals surface area contributed by atoms with Gasteiger partial charge in [-0.3, -0.25) is 4.99 Å². The maximum absolute atomic E-state index is 11.7. The lowest BCUT2D eigenvalue weighted by atomic mass is 10.1. The topological polar surface area (TPSA) is 86.4 Å². The summed E-state index contributed by atoms with van der Waals surface area (Å²) in [5.74, 6) is 1.01. The number of nitrogens with one attached hydrogen (secondary N) is 1. The number of nitrogens with two attached hydrogens (primary N) is 1. The molecule has 1 atom stereocenters. The zero-order chi connectivity index (χ0) is 18.9. The fraction of sp³-hybridized carbons (Fsp3) is 0.889. The summed E-state index contributed by atoms with van der Waals surface area (Å²) in [6.07, 6.45) is 1.52. The van der Waals surface area contributed by atoms with Crippen LogP contribution in [0.5, 0.6) is 0 Å². The van der Waals surface area contributed by atoms with Gasteiger partial charge in [-0.1, -0.05) is 6.92 Å². The number of hydrogen-bond acceptors (Lipinski definition) is 5. The fourth-order valence-corrected chi connectivity index (χ4v) is 3.46. The van der Waals surface area contributed by atoms with Crippen LogP contribution in [0.4, 0.5) is 4.79 Å². The van der Waals surface area contributed by atoms with Gasteiger partial charge in [0.25, 0.3) is 0 Å². The molecule has 8 nitrogen and oxygen atoms in total. The van der Waals surface area contributed by atoms with E-state index in [9.17, 15) is 4.79 Å². The third kappa shape index (κ3) is 8.82. The number of nitrogens with zero attached hydrogens (tertiary/aromatic N) is 4. The van der Waals surface area contributed by atoms with Gasteiger partial charge < -0.3 is 30.5 Å². The number of piperidine rings is 1. The Kier molecular flexibility index (Phi) is 11.3. The largest absolute Gasteiger partial charge is 0.450 e. The number of likely N-dealkylation sites (N-methyl/N-ethyl adjacent to an activating group) is 1. The summed E-state index contributed by atoms with van der Waals surface area (Å²) >= 11 is 0. The van der Waals surface area contributed by atoms with Crippen LogP contribution in [0.15, 0.2) is 4.99 Å². The van der Waals surface area contributed by atoms with Crippen molar-refractivity contribution in [3.8, 4) is 0 Å². The third-order valence-electron chi connectivity index (χ3n) is 5.11. The second-order valence-electron chi connectivity index (χ2n) is 7.54. The van der Waals surface area contributed by atoms with Crippen molar-refractivity contribution in [2.24, 2.45) is 16.6 Å². The highest BCUT2D eigenvalue weighted by Gasteiger charge is 2.23. The lowest BCUT2D eigenvalue weighted by Gasteiger charge is -2.33. The number of amides is 1. The summed E-state index contributed by atoms with van der Waals surface area (Å²) in [5, 5.41) is 3.30. The zero-order valence-corrected chi connectivity index (χ0v) is 19.4. The van der Waals surface area contributed by atoms with E-state index in [0.717, 1.165) is 52.1 Å². The van der Waals surface area contributed by atoms with Crippen LogP contribution in [0.2, 0.25) is 0 Å². The highest BCUT2D eigenvalue weighted by molar-refractivity contribution is 14.0. The highest BCUT2D eigenvalue weighted by Crippen LogP contribution is 2.11. The molecule has 2 rings (SSSR count). The van der Waals surface area contributed by atoms with Crippen LogP contribution in [0.1, 0.15) is 26.7 Å². The van der Waals surface area contributed by atoms with E-state index < -0.39 is 0 Å². The Morgan fingerprint density at radius 3 is 2.44 bits per heavy atom. The summed E-state index contributed by atoms with van der Waals surface area (Å²) < 4.78 is 5.04. The molecule has 158 valence electrons. The molecule has 1 unspecified atom stereocenters. The number of carbonyl (C=O) groups is 1. The van der Waals surface area contributed by atoms with Gasteiger partial charge in [-0.05, 0) is 32.7 Å². The Bertz CT molecular complexity index is 463. The van der Waals surface area contributed by atoms with Crippen LogP contribution < -0.4 is 11.1 Å². The van der Waals surface area contributed by atoms with Gasteiger partial charge in [0.2, 0.25) is 0 Å². The minimum atomic E-state index is -0.217. The SMILES string of the molecule is CCOC(=O)N1CCC(NC(N)=NCC(C)CN2CCN(C)CC2)CC1.I. The van der Waals surface area contributed by atoms with Crippen LogP contribution in [0.25, 0.3) is 0 Å². The predicted octanol–water partition coefficient (Wildman–Crippen LogP) is 1.01. The number of guanidine groups is 1. The predicted molar refractivity (Wildman–Crippen MR) is 120 cm³/mol. The average Bonchev–Trinajstić information content (AvgIpc) is 2.63. The number of likely N-dealkylation sites (tertiary alicyclic amines) is 1. The molecule has 0 spiro atoms. The molecule has 3 N–H and O–H groups in total. The van der Waals surface area contributed by atoms with Crippen LogP contribution in [-0.4, -0.2) is 98.8 Å². The normalized spacial score (nSPS) is 21.4. The minimum Gasteiger partial charge on any atom is -0.450 e. The Labute approximate surface area is 180 Å². The van der Waals surface area contributed by atoms with Gasteiger partial charge in [0.15, 0.2) is 5.96 Å². The molecule has 2 aliphatic rings. The molecule has 0 aromatic carbocycles. The van der Waals surface area contributed by atoms with Crippen LogP contribution in [0.3, 0.4) is 0 Å². The summed E-state index contributed by atoms with van der Waals surface area (Å²) in [6.45, 7) is 12.2. The number of piperazine rings is 1. The summed E-state index contributed by atoms with van der Waals surface area (Å²) in [4.78, 5) is 22.9. The molecule has 2 heterocycles. The molecule has 0 saturated carbocycles. The molecule has 2 saturated heterocycles. The van der Waals surface area contributed by atoms with Crippen molar-refractivity contribution in [1.29, 1.82) is 0 Å². The van der Waals surface area contributed by atoms with Gasteiger partial charge in [0.05, 0.1) is 6.61 Å². The molecule has 9 heteroatoms. The van der Waals surface area contributed by atoms with E-state index in [1.165, 1.54) is 0 Å². The molecule has 2 fully saturated rings. The van der Waals surface area contributed by atoms with Gasteiger partial charge in [0.1, 0.15) is 0 Å². The van der Waals surface area contributed by atoms with Crippen molar-refractivity contribution in [2.45, 2.75) is 32.7 Å². The van der Waals surface area contributed by atoms with E-state index in [1.54, 1.807) is 4.90 Å². The van der Waals surface area contributed by atoms with Gasteiger partial charge in [-0.25, -0.2) is 4.79 Å². The molecule has 1 amide bonds. The van der Waals surface area contributed by atoms with Crippen molar-refractivity contribution in [3.63, 3.8) is 0 Å². The molecule has 0 bridgehead atoms. The molecule has 0 aromatic rings. The highest BCUT2D eigenvalue weighted by atomic mass is 127. The summed E-state index contributed by atoms with van der Waals surface area (Å²) in [6, 6.07) is 0.275. The Hall–Kier alpha value is -0.810. The number of halogens is 1. The third-order valence-corrected chi connectivity index (χ3v) is 5.11. The number of carbonyl (C=O) groups excluding carboxylic acids is 1. The van der Waals surface area contributed by atoms with E-state index in [2.05, 4.69) is 34.1 Å². The standard InChI is InChI=1S/C18H36N6O2.HI/c1-4-26-18(25)24-7-5-16(6-8-24)21-17(19)20-13-15(2)14-23-11-9-22(3)10-12-23;/h15-16H,4-14H2,1-3H3,(H3,19,20,21);1H. The quantitative estimate of drug-likeness (QED) is 0.325. The van der Waals surface area contributed by atoms with Crippen molar-refractivity contribution in [1.82, 2.24) is 20.0 Å². The first kappa shape index (κ1) is 24.2. The van der Waals surface area contributed by atoms with E-state index >= 15 is 0 Å². The fourth-order valence-electron chi connectivity index (χ4n) is 3.46. The number of rotatable bonds is 6. The first-order valence-electron chi connectivity index (χ1n) is 9.87. The molecule has 27 heavy (non-hydrogen) atoms. The maximum Gasteiger partial charge on any atom is 0.409 e. The molecule has 2 aliphatic heterocycles. The minimum absolute atomic E-state index is 0. The van der Waals surface area contributed by atoms with Crippen LogP contribution in [0, 0.1) is 5.92 Å². The maximum atomic E-state index is 11.7. The second kappa shape index (κ2) is 12.6. The molecular formula is C18H37IN6O2. The monoisotopic (exact) mass is 496 g/mol. The van der Waals surface area contributed by atoms with Crippen LogP contribution >= 0.6 is 24.0 Å². The van der Waals surface area contributed by atoms with Crippen molar-refractivity contribution >= 4 is 36.0 Å². The molecular weight excluding hydrogens is 459 g/mol. The van der Waals surface area contributed by atoms with Crippen molar-refractivity contribution in [3.05, 3.63) is 0 Å². The lowest BCUT2D eigenvalue weighted by Crippen LogP contribution is -2.48. The Morgan fingerprint density at radius 1 is 1.22 bits per heavy atom. The number of aliphatic imine (C=N–C) groups is 1. The van der Waals surface area contributed by atoms with Gasteiger partial charge in [-0.2, -0.15) is 0 Å². The van der Waals surface area contributed by atoms with Crippen molar-refractivity contribution < 1.29 is 9.53 Å². The average molecular weight is 496 g/mol. The van der Waals surface area contributed by atoms with E-state index in [-0.39, 0.29) is 36.1 Å². The number of ether oxygens (including phenoxy) is 1. The Morgan fingerprint density at radius 2 is 1.85 bits per heavy atom. The Balaban J connectivity index is 0.00000364. The lowest BCUT2D eigenvalue weighted by molar-refractivity contribution is 0.0963. The van der Waals surface area contributed by atoms with Gasteiger partial charge in [0, 0.05) is 58.4 Å². The molecule has 0 aliphatic carbocycles. The van der Waals surface area contributed by atoms with Gasteiger partial charge in [-0.15, -0.1) is 24.0 Å². The van der Waals surface area contributed by atoms with E-state index in [0.29, 0.717) is 31.6 Å². The number of hydrogen-bond donors (Lipinski definition) is 2. The van der Waals surface area contributed by atoms with E-state index in [4.69, 9.17) is 10.5 Å². The molecule has 0 aromatic heterocycles. The first-order valence-corrected chi connectivity index (χ1v) is 9.87. The second-order valence-corrected chi connectivity index (χ2v) is 7.54. The zero-order valence-electron chi connectivity index (χ0n) is 17.0. The van der Waals surface area contributed by atoms with Gasteiger partial charge >= 0.3 is 6.09 Å². The smallest absolute Gasteiger partial charge is 0.409 e. The van der Waals surface area contributed by atoms with E-state index in [1.807, 2.05) is 6.92 Å².